The summed E-state index contributed by atoms with van der Waals surface area (Å²) in [5, 5.41) is 0.925. The van der Waals surface area contributed by atoms with E-state index in [4.69, 9.17) is 4.74 Å². The summed E-state index contributed by atoms with van der Waals surface area (Å²) in [7, 11) is 0. The van der Waals surface area contributed by atoms with E-state index in [1.807, 2.05) is 18.2 Å². The molecule has 0 amide bonds. The van der Waals surface area contributed by atoms with E-state index in [0.717, 1.165) is 22.0 Å². The van der Waals surface area contributed by atoms with E-state index in [0.29, 0.717) is 11.6 Å². The lowest BCUT2D eigenvalue weighted by Crippen LogP contribution is -1.93. The first-order valence-corrected chi connectivity index (χ1v) is 8.36. The first kappa shape index (κ1) is 16.2. The zero-order valence-electron chi connectivity index (χ0n) is 14.5. The number of pyridine rings is 2. The van der Waals surface area contributed by atoms with Crippen molar-refractivity contribution >= 4 is 10.9 Å². The topological polar surface area (TPSA) is 35.0 Å². The fraction of sp³-hybridized carbons (Fsp3) is 0.0909. The van der Waals surface area contributed by atoms with Gasteiger partial charge in [0, 0.05) is 35.5 Å². The standard InChI is InChI=1S/C22H17FN2O/c1-14-3-4-16(11-15(14)2)19-7-6-18(23)12-21(19)26-22-8-5-17-13-24-10-9-20(17)25-22/h3-13H,1-2H3. The van der Waals surface area contributed by atoms with Gasteiger partial charge in [-0.15, -0.1) is 0 Å². The predicted molar refractivity (Wildman–Crippen MR) is 101 cm³/mol. The molecule has 0 N–H and O–H groups in total. The van der Waals surface area contributed by atoms with E-state index >= 15 is 0 Å². The SMILES string of the molecule is Cc1ccc(-c2ccc(F)cc2Oc2ccc3cnccc3n2)cc1C. The molecule has 0 fully saturated rings. The molecule has 4 aromatic rings. The summed E-state index contributed by atoms with van der Waals surface area (Å²) in [5.74, 6) is 0.506. The minimum absolute atomic E-state index is 0.349. The molecule has 0 aliphatic rings. The molecular formula is C22H17FN2O. The highest BCUT2D eigenvalue weighted by Gasteiger charge is 2.11. The maximum absolute atomic E-state index is 13.9. The van der Waals surface area contributed by atoms with Gasteiger partial charge in [0.1, 0.15) is 11.6 Å². The van der Waals surface area contributed by atoms with Crippen LogP contribution in [0.2, 0.25) is 0 Å². The fourth-order valence-electron chi connectivity index (χ4n) is 2.84. The van der Waals surface area contributed by atoms with Gasteiger partial charge in [-0.25, -0.2) is 9.37 Å². The van der Waals surface area contributed by atoms with Gasteiger partial charge in [0.05, 0.1) is 5.52 Å². The first-order valence-electron chi connectivity index (χ1n) is 8.36. The molecule has 2 aromatic heterocycles. The molecule has 0 bridgehead atoms. The lowest BCUT2D eigenvalue weighted by molar-refractivity contribution is 0.462. The van der Waals surface area contributed by atoms with E-state index < -0.39 is 0 Å². The summed E-state index contributed by atoms with van der Waals surface area (Å²) >= 11 is 0. The van der Waals surface area contributed by atoms with Gasteiger partial charge in [0.15, 0.2) is 0 Å². The molecule has 4 rings (SSSR count). The smallest absolute Gasteiger partial charge is 0.219 e. The molecular weight excluding hydrogens is 327 g/mol. The second kappa shape index (κ2) is 6.56. The van der Waals surface area contributed by atoms with Crippen molar-refractivity contribution in [2.75, 3.05) is 0 Å². The van der Waals surface area contributed by atoms with Crippen LogP contribution in [0.3, 0.4) is 0 Å². The largest absolute Gasteiger partial charge is 0.438 e. The first-order chi connectivity index (χ1) is 12.6. The summed E-state index contributed by atoms with van der Waals surface area (Å²) in [6.45, 7) is 4.12. The zero-order valence-corrected chi connectivity index (χ0v) is 14.5. The molecule has 0 atom stereocenters. The summed E-state index contributed by atoms with van der Waals surface area (Å²) in [4.78, 5) is 8.56. The van der Waals surface area contributed by atoms with Gasteiger partial charge in [-0.05, 0) is 54.8 Å². The van der Waals surface area contributed by atoms with Crippen molar-refractivity contribution in [3.8, 4) is 22.8 Å². The zero-order chi connectivity index (χ0) is 18.1. The predicted octanol–water partition coefficient (Wildman–Crippen LogP) is 5.85. The molecule has 2 aromatic carbocycles. The third-order valence-corrected chi connectivity index (χ3v) is 4.44. The van der Waals surface area contributed by atoms with Crippen LogP contribution in [0.4, 0.5) is 4.39 Å². The van der Waals surface area contributed by atoms with Crippen LogP contribution < -0.4 is 4.74 Å². The van der Waals surface area contributed by atoms with Gasteiger partial charge in [0.25, 0.3) is 0 Å². The summed E-state index contributed by atoms with van der Waals surface area (Å²) in [5.41, 5.74) is 4.97. The molecule has 0 aliphatic carbocycles. The average molecular weight is 344 g/mol. The Morgan fingerprint density at radius 2 is 1.77 bits per heavy atom. The van der Waals surface area contributed by atoms with Gasteiger partial charge >= 0.3 is 0 Å². The average Bonchev–Trinajstić information content (AvgIpc) is 2.64. The highest BCUT2D eigenvalue weighted by atomic mass is 19.1. The maximum Gasteiger partial charge on any atom is 0.219 e. The Labute approximate surface area is 151 Å². The van der Waals surface area contributed by atoms with Crippen molar-refractivity contribution in [1.82, 2.24) is 9.97 Å². The Hall–Kier alpha value is -3.27. The third-order valence-electron chi connectivity index (χ3n) is 4.44. The maximum atomic E-state index is 13.9. The van der Waals surface area contributed by atoms with Crippen LogP contribution in [0.15, 0.2) is 67.0 Å². The second-order valence-corrected chi connectivity index (χ2v) is 6.26. The number of nitrogens with zero attached hydrogens (tertiary/aromatic N) is 2. The van der Waals surface area contributed by atoms with Crippen molar-refractivity contribution in [3.63, 3.8) is 0 Å². The summed E-state index contributed by atoms with van der Waals surface area (Å²) < 4.78 is 19.8. The van der Waals surface area contributed by atoms with Crippen molar-refractivity contribution in [3.05, 3.63) is 83.9 Å². The molecule has 128 valence electrons. The van der Waals surface area contributed by atoms with Gasteiger partial charge in [-0.1, -0.05) is 18.2 Å². The number of fused-ring (bicyclic) bond motifs is 1. The van der Waals surface area contributed by atoms with Crippen molar-refractivity contribution in [2.24, 2.45) is 0 Å². The highest BCUT2D eigenvalue weighted by Crippen LogP contribution is 2.34. The van der Waals surface area contributed by atoms with E-state index in [1.54, 1.807) is 24.5 Å². The van der Waals surface area contributed by atoms with E-state index in [1.165, 1.54) is 23.3 Å². The Bertz CT molecular complexity index is 1110. The number of benzene rings is 2. The molecule has 3 nitrogen and oxygen atoms in total. The summed E-state index contributed by atoms with van der Waals surface area (Å²) in [6.07, 6.45) is 3.43. The molecule has 0 aliphatic heterocycles. The number of aromatic nitrogens is 2. The van der Waals surface area contributed by atoms with Crippen molar-refractivity contribution < 1.29 is 9.13 Å². The van der Waals surface area contributed by atoms with Crippen molar-refractivity contribution in [2.45, 2.75) is 13.8 Å². The normalized spacial score (nSPS) is 10.9. The third kappa shape index (κ3) is 3.14. The Kier molecular flexibility index (Phi) is 4.09. The van der Waals surface area contributed by atoms with Crippen LogP contribution in [0.25, 0.3) is 22.0 Å². The summed E-state index contributed by atoms with van der Waals surface area (Å²) in [6, 6.07) is 16.2. The van der Waals surface area contributed by atoms with Crippen LogP contribution in [-0.2, 0) is 0 Å². The van der Waals surface area contributed by atoms with Crippen LogP contribution >= 0.6 is 0 Å². The van der Waals surface area contributed by atoms with Gasteiger partial charge in [0.2, 0.25) is 5.88 Å². The molecule has 2 heterocycles. The van der Waals surface area contributed by atoms with Crippen LogP contribution in [0.5, 0.6) is 11.6 Å². The van der Waals surface area contributed by atoms with Crippen LogP contribution in [-0.4, -0.2) is 9.97 Å². The Morgan fingerprint density at radius 3 is 2.62 bits per heavy atom. The van der Waals surface area contributed by atoms with E-state index in [9.17, 15) is 4.39 Å². The second-order valence-electron chi connectivity index (χ2n) is 6.26. The quantitative estimate of drug-likeness (QED) is 0.468. The van der Waals surface area contributed by atoms with Gasteiger partial charge in [-0.2, -0.15) is 0 Å². The molecule has 0 saturated carbocycles. The number of aryl methyl sites for hydroxylation is 2. The number of hydrogen-bond donors (Lipinski definition) is 0. The molecule has 0 saturated heterocycles. The minimum Gasteiger partial charge on any atom is -0.438 e. The molecule has 0 unspecified atom stereocenters. The monoisotopic (exact) mass is 344 g/mol. The van der Waals surface area contributed by atoms with E-state index in [2.05, 4.69) is 35.9 Å². The number of hydrogen-bond acceptors (Lipinski definition) is 3. The van der Waals surface area contributed by atoms with E-state index in [-0.39, 0.29) is 5.82 Å². The minimum atomic E-state index is -0.349. The Morgan fingerprint density at radius 1 is 0.885 bits per heavy atom. The molecule has 4 heteroatoms. The highest BCUT2D eigenvalue weighted by molar-refractivity contribution is 5.78. The number of halogens is 1. The van der Waals surface area contributed by atoms with Crippen molar-refractivity contribution in [1.29, 1.82) is 0 Å². The number of ether oxygens (including phenoxy) is 1. The van der Waals surface area contributed by atoms with Crippen LogP contribution in [0, 0.1) is 19.7 Å². The molecule has 0 spiro atoms. The molecule has 26 heavy (non-hydrogen) atoms. The number of rotatable bonds is 3. The fourth-order valence-corrected chi connectivity index (χ4v) is 2.84. The lowest BCUT2D eigenvalue weighted by Gasteiger charge is -2.12. The van der Waals surface area contributed by atoms with Crippen LogP contribution in [0.1, 0.15) is 11.1 Å². The molecule has 0 radical (unpaired) electrons. The lowest BCUT2D eigenvalue weighted by atomic mass is 10.00. The van der Waals surface area contributed by atoms with Gasteiger partial charge < -0.3 is 4.74 Å². The van der Waals surface area contributed by atoms with Gasteiger partial charge in [-0.3, -0.25) is 4.98 Å². The Balaban J connectivity index is 1.77.